The maximum Gasteiger partial charge on any atom is 0.330 e. The Morgan fingerprint density at radius 1 is 1.21 bits per heavy atom. The van der Waals surface area contributed by atoms with Gasteiger partial charge in [0.05, 0.1) is 0 Å². The van der Waals surface area contributed by atoms with E-state index in [1.54, 1.807) is 42.5 Å². The second-order valence-electron chi connectivity index (χ2n) is 5.37. The summed E-state index contributed by atoms with van der Waals surface area (Å²) in [7, 11) is 0. The fourth-order valence-electron chi connectivity index (χ4n) is 2.44. The SMILES string of the molecule is N=C(N)c1ccc(NC(C(=O)O)C2COc3ccccc3O2)cc1. The molecule has 0 spiro atoms. The molecule has 1 aliphatic heterocycles. The zero-order chi connectivity index (χ0) is 17.1. The molecule has 0 aliphatic carbocycles. The second-order valence-corrected chi connectivity index (χ2v) is 5.37. The number of rotatable bonds is 5. The Labute approximate surface area is 138 Å². The van der Waals surface area contributed by atoms with Crippen molar-refractivity contribution in [3.8, 4) is 11.5 Å². The van der Waals surface area contributed by atoms with Gasteiger partial charge in [-0.1, -0.05) is 12.1 Å². The van der Waals surface area contributed by atoms with Gasteiger partial charge < -0.3 is 25.6 Å². The number of aliphatic carboxylic acids is 1. The lowest BCUT2D eigenvalue weighted by atomic mass is 10.1. The molecule has 2 atom stereocenters. The molecule has 7 heteroatoms. The third-order valence-corrected chi connectivity index (χ3v) is 3.69. The molecule has 0 aromatic heterocycles. The van der Waals surface area contributed by atoms with Crippen molar-refractivity contribution in [1.29, 1.82) is 5.41 Å². The molecule has 2 aromatic carbocycles. The number of nitrogens with two attached hydrogens (primary N) is 1. The molecule has 0 saturated heterocycles. The van der Waals surface area contributed by atoms with Gasteiger partial charge in [0.15, 0.2) is 23.6 Å². The Kier molecular flexibility index (Phi) is 4.24. The molecule has 24 heavy (non-hydrogen) atoms. The first-order valence-electron chi connectivity index (χ1n) is 7.37. The number of anilines is 1. The number of hydrogen-bond acceptors (Lipinski definition) is 5. The number of carboxylic acids is 1. The van der Waals surface area contributed by atoms with Gasteiger partial charge in [-0.3, -0.25) is 5.41 Å². The molecule has 5 N–H and O–H groups in total. The summed E-state index contributed by atoms with van der Waals surface area (Å²) < 4.78 is 11.3. The minimum absolute atomic E-state index is 0.0445. The number of carboxylic acid groups (broad SMARTS) is 1. The first-order valence-corrected chi connectivity index (χ1v) is 7.37. The topological polar surface area (TPSA) is 118 Å². The van der Waals surface area contributed by atoms with Crippen LogP contribution in [0.1, 0.15) is 5.56 Å². The van der Waals surface area contributed by atoms with E-state index < -0.39 is 18.1 Å². The Morgan fingerprint density at radius 2 is 1.88 bits per heavy atom. The highest BCUT2D eigenvalue weighted by Crippen LogP contribution is 2.32. The van der Waals surface area contributed by atoms with Crippen LogP contribution >= 0.6 is 0 Å². The smallest absolute Gasteiger partial charge is 0.330 e. The van der Waals surface area contributed by atoms with Crippen LogP contribution < -0.4 is 20.5 Å². The molecule has 2 unspecified atom stereocenters. The van der Waals surface area contributed by atoms with E-state index in [0.717, 1.165) is 0 Å². The average Bonchev–Trinajstić information content (AvgIpc) is 2.59. The highest BCUT2D eigenvalue weighted by Gasteiger charge is 2.34. The number of amidine groups is 1. The normalized spacial score (nSPS) is 16.9. The minimum atomic E-state index is -1.04. The van der Waals surface area contributed by atoms with Crippen molar-refractivity contribution in [2.24, 2.45) is 5.73 Å². The largest absolute Gasteiger partial charge is 0.486 e. The van der Waals surface area contributed by atoms with Crippen molar-refractivity contribution in [3.63, 3.8) is 0 Å². The Morgan fingerprint density at radius 3 is 2.50 bits per heavy atom. The van der Waals surface area contributed by atoms with Gasteiger partial charge in [-0.2, -0.15) is 0 Å². The van der Waals surface area contributed by atoms with Gasteiger partial charge in [-0.05, 0) is 36.4 Å². The third-order valence-electron chi connectivity index (χ3n) is 3.69. The summed E-state index contributed by atoms with van der Waals surface area (Å²) in [5, 5.41) is 19.8. The molecule has 0 fully saturated rings. The summed E-state index contributed by atoms with van der Waals surface area (Å²) in [6.07, 6.45) is -0.676. The van der Waals surface area contributed by atoms with Crippen molar-refractivity contribution >= 4 is 17.5 Å². The van der Waals surface area contributed by atoms with Crippen molar-refractivity contribution in [2.75, 3.05) is 11.9 Å². The number of benzene rings is 2. The standard InChI is InChI=1S/C17H17N3O4/c18-16(19)10-5-7-11(8-6-10)20-15(17(21)22)14-9-23-12-3-1-2-4-13(12)24-14/h1-8,14-15,20H,9H2,(H3,18,19)(H,21,22). The molecule has 0 amide bonds. The summed E-state index contributed by atoms with van der Waals surface area (Å²) in [5.41, 5.74) is 6.57. The first kappa shape index (κ1) is 15.7. The highest BCUT2D eigenvalue weighted by atomic mass is 16.6. The minimum Gasteiger partial charge on any atom is -0.486 e. The Bertz CT molecular complexity index is 761. The second kappa shape index (κ2) is 6.49. The molecule has 1 heterocycles. The lowest BCUT2D eigenvalue weighted by Gasteiger charge is -2.31. The van der Waals surface area contributed by atoms with E-state index in [1.807, 2.05) is 6.07 Å². The molecule has 0 saturated carbocycles. The quantitative estimate of drug-likeness (QED) is 0.490. The first-order chi connectivity index (χ1) is 11.5. The molecule has 1 aliphatic rings. The number of hydrogen-bond donors (Lipinski definition) is 4. The molecule has 124 valence electrons. The van der Waals surface area contributed by atoms with E-state index >= 15 is 0 Å². The zero-order valence-corrected chi connectivity index (χ0v) is 12.7. The molecule has 0 radical (unpaired) electrons. The van der Waals surface area contributed by atoms with Crippen LogP contribution in [0.3, 0.4) is 0 Å². The Balaban J connectivity index is 1.76. The van der Waals surface area contributed by atoms with Gasteiger partial charge in [-0.25, -0.2) is 4.79 Å². The van der Waals surface area contributed by atoms with Crippen LogP contribution in [0.5, 0.6) is 11.5 Å². The summed E-state index contributed by atoms with van der Waals surface area (Å²) in [6.45, 7) is 0.131. The van der Waals surface area contributed by atoms with E-state index in [1.165, 1.54) is 0 Å². The molecule has 3 rings (SSSR count). The molecule has 0 bridgehead atoms. The predicted molar refractivity (Wildman–Crippen MR) is 88.9 cm³/mol. The van der Waals surface area contributed by atoms with E-state index in [0.29, 0.717) is 22.7 Å². The summed E-state index contributed by atoms with van der Waals surface area (Å²) in [4.78, 5) is 11.6. The van der Waals surface area contributed by atoms with Crippen molar-refractivity contribution in [2.45, 2.75) is 12.1 Å². The molecular formula is C17H17N3O4. The van der Waals surface area contributed by atoms with E-state index in [2.05, 4.69) is 5.32 Å². The van der Waals surface area contributed by atoms with E-state index in [9.17, 15) is 9.90 Å². The van der Waals surface area contributed by atoms with Gasteiger partial charge in [0.1, 0.15) is 12.4 Å². The van der Waals surface area contributed by atoms with Crippen LogP contribution in [-0.4, -0.2) is 35.7 Å². The van der Waals surface area contributed by atoms with Crippen LogP contribution in [0.2, 0.25) is 0 Å². The predicted octanol–water partition coefficient (Wildman–Crippen LogP) is 1.68. The van der Waals surface area contributed by atoms with Gasteiger partial charge in [0.2, 0.25) is 0 Å². The number of nitrogen functional groups attached to an aromatic ring is 1. The van der Waals surface area contributed by atoms with Gasteiger partial charge >= 0.3 is 5.97 Å². The van der Waals surface area contributed by atoms with Gasteiger partial charge in [-0.15, -0.1) is 0 Å². The highest BCUT2D eigenvalue weighted by molar-refractivity contribution is 5.95. The maximum atomic E-state index is 11.6. The zero-order valence-electron chi connectivity index (χ0n) is 12.7. The molecular weight excluding hydrogens is 310 g/mol. The van der Waals surface area contributed by atoms with Gasteiger partial charge in [0.25, 0.3) is 0 Å². The van der Waals surface area contributed by atoms with Crippen LogP contribution in [0.25, 0.3) is 0 Å². The van der Waals surface area contributed by atoms with Crippen LogP contribution in [0, 0.1) is 5.41 Å². The summed E-state index contributed by atoms with van der Waals surface area (Å²) in [5.74, 6) is 0.0352. The van der Waals surface area contributed by atoms with E-state index in [4.69, 9.17) is 20.6 Å². The lowest BCUT2D eigenvalue weighted by Crippen LogP contribution is -2.48. The fraction of sp³-hybridized carbons (Fsp3) is 0.176. The third kappa shape index (κ3) is 3.24. The van der Waals surface area contributed by atoms with Crippen molar-refractivity contribution in [1.82, 2.24) is 0 Å². The number of carbonyl (C=O) groups is 1. The molecule has 2 aromatic rings. The number of ether oxygens (including phenoxy) is 2. The average molecular weight is 327 g/mol. The number of fused-ring (bicyclic) bond motifs is 1. The van der Waals surface area contributed by atoms with Crippen molar-refractivity contribution in [3.05, 3.63) is 54.1 Å². The lowest BCUT2D eigenvalue weighted by molar-refractivity contribution is -0.140. The molecule has 7 nitrogen and oxygen atoms in total. The van der Waals surface area contributed by atoms with E-state index in [-0.39, 0.29) is 12.4 Å². The number of para-hydroxylation sites is 2. The summed E-state index contributed by atoms with van der Waals surface area (Å²) >= 11 is 0. The van der Waals surface area contributed by atoms with Crippen LogP contribution in [0.15, 0.2) is 48.5 Å². The number of nitrogens with one attached hydrogen (secondary N) is 2. The maximum absolute atomic E-state index is 11.6. The van der Waals surface area contributed by atoms with Crippen LogP contribution in [-0.2, 0) is 4.79 Å². The monoisotopic (exact) mass is 327 g/mol. The van der Waals surface area contributed by atoms with Gasteiger partial charge in [0, 0.05) is 11.3 Å². The summed E-state index contributed by atoms with van der Waals surface area (Å²) in [6, 6.07) is 12.8. The van der Waals surface area contributed by atoms with Crippen molar-refractivity contribution < 1.29 is 19.4 Å². The Hall–Kier alpha value is -3.22. The van der Waals surface area contributed by atoms with Crippen LogP contribution in [0.4, 0.5) is 5.69 Å². The fourth-order valence-corrected chi connectivity index (χ4v) is 2.44.